The number of aliphatic carboxylic acids is 8. The second-order valence-electron chi connectivity index (χ2n) is 15.6. The number of nitrogens with one attached hydrogen (secondary N) is 3. The van der Waals surface area contributed by atoms with E-state index >= 15 is 0 Å². The van der Waals surface area contributed by atoms with Crippen molar-refractivity contribution < 1.29 is 79.2 Å². The van der Waals surface area contributed by atoms with Crippen LogP contribution in [0.15, 0.2) is 10.7 Å². The van der Waals surface area contributed by atoms with Crippen molar-refractivity contribution in [2.24, 2.45) is 16.3 Å². The smallest absolute Gasteiger partial charge is 0.307 e. The number of aromatic amines is 3. The summed E-state index contributed by atoms with van der Waals surface area (Å²) < 4.78 is 0. The van der Waals surface area contributed by atoms with Crippen LogP contribution < -0.4 is 0 Å². The number of aliphatic imine (C=N–C) groups is 1. The second kappa shape index (κ2) is 18.5. The molecule has 5 heterocycles. The van der Waals surface area contributed by atoms with Crippen LogP contribution >= 0.6 is 0 Å². The van der Waals surface area contributed by atoms with E-state index in [4.69, 9.17) is 4.99 Å². The molecule has 20 nitrogen and oxygen atoms in total. The third-order valence-corrected chi connectivity index (χ3v) is 11.4. The van der Waals surface area contributed by atoms with Crippen LogP contribution in [0.25, 0.3) is 6.08 Å². The van der Waals surface area contributed by atoms with Crippen LogP contribution in [0, 0.1) is 11.3 Å². The van der Waals surface area contributed by atoms with Gasteiger partial charge in [0.15, 0.2) is 0 Å². The fourth-order valence-electron chi connectivity index (χ4n) is 8.83. The molecule has 0 saturated heterocycles. The van der Waals surface area contributed by atoms with E-state index in [9.17, 15) is 79.2 Å². The number of hydrogen-bond donors (Lipinski definition) is 11. The van der Waals surface area contributed by atoms with Gasteiger partial charge in [-0.25, -0.2) is 0 Å². The minimum atomic E-state index is -1.43. The number of fused-ring (bicyclic) bond motifs is 7. The molecular weight excluding hydrogens is 804 g/mol. The van der Waals surface area contributed by atoms with Crippen molar-refractivity contribution in [3.63, 3.8) is 0 Å². The standard InChI is InChI=1S/C41H46N4O16/c1-41(17-40(60)61)24(5-9-36(52)53)31-15-29-22(11-38(56)57)19(3-7-34(48)49)27(43-29)14-28-21(10-37(54)55)18(2-6-33(46)47)25(42-28)13-26-20(4-8-35(50)51)23(12-39(58)59)30(44-26)16-32(41)45-31/h16,24,42-44H,2-15,17H2,1H3,(H,46,47)(H,48,49)(H,50,51)(H,52,53)(H,54,55)(H,56,57)(H,58,59)(H,60,61)/t24-,41+/m1/s1. The number of rotatable bonds is 20. The molecule has 0 aliphatic carbocycles. The van der Waals surface area contributed by atoms with Gasteiger partial charge in [-0.1, -0.05) is 6.92 Å². The molecule has 3 aromatic heterocycles. The van der Waals surface area contributed by atoms with Crippen LogP contribution in [0.1, 0.15) is 113 Å². The second-order valence-corrected chi connectivity index (χ2v) is 15.6. The molecule has 2 aliphatic rings. The van der Waals surface area contributed by atoms with Gasteiger partial charge < -0.3 is 55.8 Å². The van der Waals surface area contributed by atoms with E-state index in [1.54, 1.807) is 6.92 Å². The molecule has 3 aromatic rings. The molecule has 0 spiro atoms. The number of carboxylic acid groups (broad SMARTS) is 8. The van der Waals surface area contributed by atoms with Gasteiger partial charge in [0.25, 0.3) is 0 Å². The Balaban J connectivity index is 1.92. The number of hydrogen-bond acceptors (Lipinski definition) is 9. The van der Waals surface area contributed by atoms with E-state index in [-0.39, 0.29) is 95.7 Å². The Labute approximate surface area is 346 Å². The molecule has 2 atom stereocenters. The Morgan fingerprint density at radius 1 is 0.525 bits per heavy atom. The number of carboxylic acids is 8. The first kappa shape index (κ1) is 45.1. The van der Waals surface area contributed by atoms with E-state index in [1.165, 1.54) is 6.08 Å². The molecule has 326 valence electrons. The fraction of sp³-hybridized carbons (Fsp3) is 0.439. The molecule has 20 heteroatoms. The lowest BCUT2D eigenvalue weighted by Crippen LogP contribution is -2.33. The highest BCUT2D eigenvalue weighted by Gasteiger charge is 2.47. The average molecular weight is 851 g/mol. The highest BCUT2D eigenvalue weighted by atomic mass is 16.4. The number of allylic oxidation sites excluding steroid dienone is 1. The first-order chi connectivity index (χ1) is 28.7. The molecule has 0 aromatic carbocycles. The average Bonchev–Trinajstić information content (AvgIpc) is 3.79. The maximum atomic E-state index is 12.6. The summed E-state index contributed by atoms with van der Waals surface area (Å²) in [5.74, 6) is -10.8. The van der Waals surface area contributed by atoms with Gasteiger partial charge >= 0.3 is 47.8 Å². The number of carbonyl (C=O) groups is 8. The van der Waals surface area contributed by atoms with Gasteiger partial charge in [-0.05, 0) is 65.1 Å². The van der Waals surface area contributed by atoms with E-state index in [0.29, 0.717) is 28.2 Å². The van der Waals surface area contributed by atoms with Gasteiger partial charge in [0.05, 0.1) is 25.7 Å². The number of H-pyrrole nitrogens is 3. The van der Waals surface area contributed by atoms with Crippen LogP contribution in [0.4, 0.5) is 0 Å². The largest absolute Gasteiger partial charge is 0.481 e. The third kappa shape index (κ3) is 10.6. The van der Waals surface area contributed by atoms with Crippen LogP contribution in [0.3, 0.4) is 0 Å². The fourth-order valence-corrected chi connectivity index (χ4v) is 8.83. The van der Waals surface area contributed by atoms with E-state index in [1.807, 2.05) is 0 Å². The van der Waals surface area contributed by atoms with E-state index in [0.717, 1.165) is 0 Å². The Morgan fingerprint density at radius 3 is 1.34 bits per heavy atom. The van der Waals surface area contributed by atoms with Crippen molar-refractivity contribution in [2.75, 3.05) is 0 Å². The highest BCUT2D eigenvalue weighted by molar-refractivity contribution is 5.95. The Hall–Kier alpha value is -6.99. The lowest BCUT2D eigenvalue weighted by Gasteiger charge is -2.31. The van der Waals surface area contributed by atoms with Crippen LogP contribution in [0.5, 0.6) is 0 Å². The van der Waals surface area contributed by atoms with Crippen LogP contribution in [-0.4, -0.2) is 109 Å². The number of nitrogens with zero attached hydrogens (tertiary/aromatic N) is 1. The van der Waals surface area contributed by atoms with Gasteiger partial charge in [-0.2, -0.15) is 0 Å². The molecular formula is C41H46N4O16. The minimum Gasteiger partial charge on any atom is -0.481 e. The van der Waals surface area contributed by atoms with Crippen molar-refractivity contribution >= 4 is 59.5 Å². The molecule has 0 unspecified atom stereocenters. The van der Waals surface area contributed by atoms with Gasteiger partial charge in [-0.3, -0.25) is 43.3 Å². The minimum absolute atomic E-state index is 0.113. The summed E-state index contributed by atoms with van der Waals surface area (Å²) in [6.07, 6.45) is -3.82. The van der Waals surface area contributed by atoms with E-state index < -0.39 is 110 Å². The molecule has 0 amide bonds. The lowest BCUT2D eigenvalue weighted by molar-refractivity contribution is -0.140. The van der Waals surface area contributed by atoms with Crippen molar-refractivity contribution in [1.29, 1.82) is 0 Å². The molecule has 8 bridgehead atoms. The van der Waals surface area contributed by atoms with Gasteiger partial charge in [0, 0.05) is 102 Å². The summed E-state index contributed by atoms with van der Waals surface area (Å²) in [7, 11) is 0. The monoisotopic (exact) mass is 850 g/mol. The Morgan fingerprint density at radius 2 is 0.918 bits per heavy atom. The summed E-state index contributed by atoms with van der Waals surface area (Å²) in [5, 5.41) is 79.4. The Bertz CT molecular complexity index is 2380. The number of aromatic nitrogens is 3. The summed E-state index contributed by atoms with van der Waals surface area (Å²) in [5.41, 5.74) is 1.97. The maximum Gasteiger partial charge on any atom is 0.307 e. The van der Waals surface area contributed by atoms with Crippen molar-refractivity contribution in [3.8, 4) is 0 Å². The quantitative estimate of drug-likeness (QED) is 0.0778. The Kier molecular flexibility index (Phi) is 13.7. The lowest BCUT2D eigenvalue weighted by atomic mass is 9.69. The first-order valence-corrected chi connectivity index (χ1v) is 19.4. The predicted octanol–water partition coefficient (Wildman–Crippen LogP) is 3.10. The molecule has 0 saturated carbocycles. The molecule has 5 rings (SSSR count). The molecule has 61 heavy (non-hydrogen) atoms. The van der Waals surface area contributed by atoms with Gasteiger partial charge in [-0.15, -0.1) is 0 Å². The SMILES string of the molecule is C[C@@]1(CC(=O)O)C2=Cc3[nH]c(c(CCC(=O)O)c3CC(=O)O)Cc3[nH]c(c(CC(=O)O)c3CCC(=O)O)Cc3[nH]c(c(CC(=O)O)c3CCC(=O)O)CC(=N2)[C@H]1CCC(=O)O. The van der Waals surface area contributed by atoms with E-state index in [2.05, 4.69) is 15.0 Å². The zero-order valence-corrected chi connectivity index (χ0v) is 33.1. The van der Waals surface area contributed by atoms with Crippen molar-refractivity contribution in [1.82, 2.24) is 15.0 Å². The van der Waals surface area contributed by atoms with Gasteiger partial charge in [0.1, 0.15) is 0 Å². The zero-order chi connectivity index (χ0) is 44.9. The molecule has 0 fully saturated rings. The summed E-state index contributed by atoms with van der Waals surface area (Å²) in [4.78, 5) is 112. The molecule has 0 radical (unpaired) electrons. The predicted molar refractivity (Wildman–Crippen MR) is 210 cm³/mol. The van der Waals surface area contributed by atoms with Crippen molar-refractivity contribution in [2.45, 2.75) is 103 Å². The van der Waals surface area contributed by atoms with Crippen LogP contribution in [0.2, 0.25) is 0 Å². The zero-order valence-electron chi connectivity index (χ0n) is 33.1. The third-order valence-electron chi connectivity index (χ3n) is 11.4. The van der Waals surface area contributed by atoms with Gasteiger partial charge in [0.2, 0.25) is 0 Å². The summed E-state index contributed by atoms with van der Waals surface area (Å²) >= 11 is 0. The van der Waals surface area contributed by atoms with Crippen LogP contribution in [-0.2, 0) is 96.1 Å². The molecule has 11 N–H and O–H groups in total. The summed E-state index contributed by atoms with van der Waals surface area (Å²) in [6.45, 7) is 1.58. The summed E-state index contributed by atoms with van der Waals surface area (Å²) in [6, 6.07) is 0. The maximum absolute atomic E-state index is 12.6. The molecule has 2 aliphatic heterocycles. The highest BCUT2D eigenvalue weighted by Crippen LogP contribution is 2.50. The first-order valence-electron chi connectivity index (χ1n) is 19.4. The normalized spacial score (nSPS) is 17.0. The van der Waals surface area contributed by atoms with Crippen molar-refractivity contribution in [3.05, 3.63) is 73.2 Å². The topological polar surface area (TPSA) is 358 Å².